The molecule has 2 aromatic rings. The third-order valence-electron chi connectivity index (χ3n) is 3.51. The van der Waals surface area contributed by atoms with Crippen molar-refractivity contribution in [3.63, 3.8) is 0 Å². The number of amides is 2. The predicted molar refractivity (Wildman–Crippen MR) is 100 cm³/mol. The van der Waals surface area contributed by atoms with Gasteiger partial charge in [0.05, 0.1) is 0 Å². The Morgan fingerprint density at radius 3 is 2.48 bits per heavy atom. The van der Waals surface area contributed by atoms with E-state index >= 15 is 0 Å². The number of thiophene rings is 2. The Balaban J connectivity index is 2.23. The highest BCUT2D eigenvalue weighted by Gasteiger charge is 2.24. The largest absolute Gasteiger partial charge is 0.452 e. The summed E-state index contributed by atoms with van der Waals surface area (Å²) < 4.78 is 5.22. The lowest BCUT2D eigenvalue weighted by Gasteiger charge is -2.18. The summed E-state index contributed by atoms with van der Waals surface area (Å²) in [6.07, 6.45) is 0. The Bertz CT molecular complexity index is 749. The minimum absolute atomic E-state index is 0.243. The average Bonchev–Trinajstić information content (AvgIpc) is 3.22. The number of nitrogens with zero attached hydrogens (tertiary/aromatic N) is 1. The van der Waals surface area contributed by atoms with Crippen molar-refractivity contribution < 1.29 is 19.1 Å². The van der Waals surface area contributed by atoms with Crippen LogP contribution >= 0.6 is 22.7 Å². The quantitative estimate of drug-likeness (QED) is 0.747. The maximum atomic E-state index is 12.6. The van der Waals surface area contributed by atoms with Crippen LogP contribution in [0.4, 0.5) is 5.00 Å². The first-order valence-electron chi connectivity index (χ1n) is 7.85. The van der Waals surface area contributed by atoms with Crippen molar-refractivity contribution in [3.8, 4) is 10.4 Å². The minimum atomic E-state index is -0.617. The van der Waals surface area contributed by atoms with E-state index in [0.717, 1.165) is 4.88 Å². The van der Waals surface area contributed by atoms with Crippen molar-refractivity contribution in [3.05, 3.63) is 28.5 Å². The Morgan fingerprint density at radius 2 is 1.92 bits per heavy atom. The molecule has 0 aliphatic heterocycles. The van der Waals surface area contributed by atoms with Gasteiger partial charge in [-0.15, -0.1) is 22.7 Å². The lowest BCUT2D eigenvalue weighted by molar-refractivity contribution is -0.134. The van der Waals surface area contributed by atoms with Gasteiger partial charge in [0.1, 0.15) is 10.6 Å². The van der Waals surface area contributed by atoms with Crippen LogP contribution in [0.3, 0.4) is 0 Å². The van der Waals surface area contributed by atoms with E-state index in [1.807, 2.05) is 31.4 Å². The van der Waals surface area contributed by atoms with Crippen molar-refractivity contribution in [2.75, 3.05) is 25.0 Å². The standard InChI is InChI=1S/C17H20N2O4S2/c1-4-19(5-2)14(21)9-23-17(22)15-12(13-7-6-8-24-13)10-25-16(15)18-11(3)20/h6-8,10H,4-5,9H2,1-3H3,(H,18,20). The molecule has 0 aromatic carbocycles. The molecule has 0 unspecified atom stereocenters. The fourth-order valence-electron chi connectivity index (χ4n) is 2.29. The summed E-state index contributed by atoms with van der Waals surface area (Å²) in [6.45, 7) is 5.91. The van der Waals surface area contributed by atoms with Crippen LogP contribution in [-0.4, -0.2) is 42.4 Å². The number of hydrogen-bond acceptors (Lipinski definition) is 6. The Kier molecular flexibility index (Phi) is 6.72. The molecule has 8 heteroatoms. The van der Waals surface area contributed by atoms with Crippen molar-refractivity contribution in [1.82, 2.24) is 4.90 Å². The molecule has 0 fully saturated rings. The van der Waals surface area contributed by atoms with Crippen LogP contribution in [0.2, 0.25) is 0 Å². The molecule has 2 rings (SSSR count). The van der Waals surface area contributed by atoms with Crippen molar-refractivity contribution >= 4 is 45.5 Å². The number of rotatable bonds is 7. The van der Waals surface area contributed by atoms with Crippen molar-refractivity contribution in [2.45, 2.75) is 20.8 Å². The third-order valence-corrected chi connectivity index (χ3v) is 5.31. The second-order valence-electron chi connectivity index (χ2n) is 5.15. The number of anilines is 1. The molecule has 2 aromatic heterocycles. The summed E-state index contributed by atoms with van der Waals surface area (Å²) in [5.74, 6) is -1.13. The number of hydrogen-bond donors (Lipinski definition) is 1. The van der Waals surface area contributed by atoms with Gasteiger partial charge in [0.15, 0.2) is 6.61 Å². The average molecular weight is 380 g/mol. The van der Waals surface area contributed by atoms with E-state index in [2.05, 4.69) is 5.32 Å². The number of likely N-dealkylation sites (N-methyl/N-ethyl adjacent to an activating group) is 1. The van der Waals surface area contributed by atoms with E-state index in [9.17, 15) is 14.4 Å². The number of carbonyl (C=O) groups is 3. The SMILES string of the molecule is CCN(CC)C(=O)COC(=O)c1c(-c2cccs2)csc1NC(C)=O. The molecular weight excluding hydrogens is 360 g/mol. The van der Waals surface area contributed by atoms with Gasteiger partial charge in [0, 0.05) is 35.8 Å². The van der Waals surface area contributed by atoms with Crippen molar-refractivity contribution in [2.24, 2.45) is 0 Å². The van der Waals surface area contributed by atoms with E-state index in [1.54, 1.807) is 10.3 Å². The number of nitrogens with one attached hydrogen (secondary N) is 1. The molecule has 0 radical (unpaired) electrons. The lowest BCUT2D eigenvalue weighted by Crippen LogP contribution is -2.34. The molecular formula is C17H20N2O4S2. The van der Waals surface area contributed by atoms with E-state index in [-0.39, 0.29) is 24.0 Å². The molecule has 134 valence electrons. The van der Waals surface area contributed by atoms with Gasteiger partial charge in [-0.3, -0.25) is 9.59 Å². The molecule has 0 bridgehead atoms. The highest BCUT2D eigenvalue weighted by Crippen LogP contribution is 2.38. The maximum Gasteiger partial charge on any atom is 0.342 e. The first-order valence-corrected chi connectivity index (χ1v) is 9.61. The van der Waals surface area contributed by atoms with Gasteiger partial charge < -0.3 is 15.0 Å². The summed E-state index contributed by atoms with van der Waals surface area (Å²) in [5, 5.41) is 6.80. The van der Waals surface area contributed by atoms with Crippen LogP contribution in [0.25, 0.3) is 10.4 Å². The van der Waals surface area contributed by atoms with Crippen LogP contribution < -0.4 is 5.32 Å². The minimum Gasteiger partial charge on any atom is -0.452 e. The molecule has 0 aliphatic carbocycles. The van der Waals surface area contributed by atoms with Crippen LogP contribution in [-0.2, 0) is 14.3 Å². The maximum absolute atomic E-state index is 12.6. The van der Waals surface area contributed by atoms with Crippen LogP contribution in [0.1, 0.15) is 31.1 Å². The number of ether oxygens (including phenoxy) is 1. The van der Waals surface area contributed by atoms with Crippen LogP contribution in [0.15, 0.2) is 22.9 Å². The molecule has 0 saturated heterocycles. The molecule has 0 aliphatic rings. The second-order valence-corrected chi connectivity index (χ2v) is 6.98. The molecule has 25 heavy (non-hydrogen) atoms. The van der Waals surface area contributed by atoms with Gasteiger partial charge >= 0.3 is 5.97 Å². The number of carbonyl (C=O) groups excluding carboxylic acids is 3. The highest BCUT2D eigenvalue weighted by atomic mass is 32.1. The molecule has 0 atom stereocenters. The van der Waals surface area contributed by atoms with Crippen molar-refractivity contribution in [1.29, 1.82) is 0 Å². The van der Waals surface area contributed by atoms with E-state index in [1.165, 1.54) is 29.6 Å². The summed E-state index contributed by atoms with van der Waals surface area (Å²) in [7, 11) is 0. The lowest BCUT2D eigenvalue weighted by atomic mass is 10.1. The molecule has 0 spiro atoms. The van der Waals surface area contributed by atoms with Crippen LogP contribution in [0.5, 0.6) is 0 Å². The number of esters is 1. The zero-order chi connectivity index (χ0) is 18.4. The topological polar surface area (TPSA) is 75.7 Å². The summed E-state index contributed by atoms with van der Waals surface area (Å²) >= 11 is 2.75. The van der Waals surface area contributed by atoms with E-state index < -0.39 is 5.97 Å². The van der Waals surface area contributed by atoms with Crippen LogP contribution in [0, 0.1) is 0 Å². The van der Waals surface area contributed by atoms with Gasteiger partial charge in [0.2, 0.25) is 5.91 Å². The highest BCUT2D eigenvalue weighted by molar-refractivity contribution is 7.17. The first-order chi connectivity index (χ1) is 12.0. The fourth-order valence-corrected chi connectivity index (χ4v) is 4.11. The fraction of sp³-hybridized carbons (Fsp3) is 0.353. The molecule has 6 nitrogen and oxygen atoms in total. The third kappa shape index (κ3) is 4.67. The molecule has 1 N–H and O–H groups in total. The summed E-state index contributed by atoms with van der Waals surface area (Å²) in [4.78, 5) is 38.5. The monoisotopic (exact) mass is 380 g/mol. The van der Waals surface area contributed by atoms with Gasteiger partial charge in [-0.05, 0) is 25.3 Å². The van der Waals surface area contributed by atoms with Gasteiger partial charge in [0.25, 0.3) is 5.91 Å². The molecule has 2 heterocycles. The normalized spacial score (nSPS) is 10.4. The smallest absolute Gasteiger partial charge is 0.342 e. The Morgan fingerprint density at radius 1 is 1.20 bits per heavy atom. The molecule has 0 saturated carbocycles. The zero-order valence-corrected chi connectivity index (χ0v) is 16.0. The van der Waals surface area contributed by atoms with E-state index in [0.29, 0.717) is 23.7 Å². The van der Waals surface area contributed by atoms with Gasteiger partial charge in [-0.1, -0.05) is 6.07 Å². The Hall–Kier alpha value is -2.19. The Labute approximate surface area is 154 Å². The van der Waals surface area contributed by atoms with Gasteiger partial charge in [-0.2, -0.15) is 0 Å². The predicted octanol–water partition coefficient (Wildman–Crippen LogP) is 3.46. The van der Waals surface area contributed by atoms with E-state index in [4.69, 9.17) is 4.74 Å². The first kappa shape index (κ1) is 19.1. The second kappa shape index (κ2) is 8.77. The summed E-state index contributed by atoms with van der Waals surface area (Å²) in [6, 6.07) is 3.77. The van der Waals surface area contributed by atoms with Gasteiger partial charge in [-0.25, -0.2) is 4.79 Å². The zero-order valence-electron chi connectivity index (χ0n) is 14.3. The summed E-state index contributed by atoms with van der Waals surface area (Å²) in [5.41, 5.74) is 0.985. The molecule has 2 amide bonds.